The minimum Gasteiger partial charge on any atom is -0.310 e. The van der Waals surface area contributed by atoms with Gasteiger partial charge in [-0.15, -0.1) is 0 Å². The quantitative estimate of drug-likeness (QED) is 0.133. The van der Waals surface area contributed by atoms with Crippen molar-refractivity contribution in [3.05, 3.63) is 270 Å². The first-order chi connectivity index (χ1) is 35.9. The van der Waals surface area contributed by atoms with Crippen LogP contribution in [-0.2, 0) is 16.2 Å². The number of fused-ring (bicyclic) bond motifs is 8. The van der Waals surface area contributed by atoms with Gasteiger partial charge in [0.25, 0.3) is 0 Å². The Kier molecular flexibility index (Phi) is 10.3. The summed E-state index contributed by atoms with van der Waals surface area (Å²) in [6.07, 6.45) is 6.47. The SMILES string of the molecule is C=CC1=C(/C=C\C)c2cccc(N(c3ccc4cc5c6c(cccc6c4c3)C(C)(C)c3cc(N(c4ccccc4)c4cccc6c4C(C)(C)c4ccccc4-6)ccc3-5)c3ccccc3-c3ccccc3)c2C1(C)C. The van der Waals surface area contributed by atoms with Gasteiger partial charge in [-0.3, -0.25) is 0 Å². The zero-order valence-electron chi connectivity index (χ0n) is 43.5. The van der Waals surface area contributed by atoms with Crippen LogP contribution in [0.4, 0.5) is 34.1 Å². The molecule has 0 saturated carbocycles. The number of rotatable bonds is 9. The van der Waals surface area contributed by atoms with E-state index in [0.29, 0.717) is 0 Å². The van der Waals surface area contributed by atoms with Gasteiger partial charge in [-0.05, 0) is 161 Å². The van der Waals surface area contributed by atoms with Crippen LogP contribution in [-0.4, -0.2) is 0 Å². The summed E-state index contributed by atoms with van der Waals surface area (Å²) in [6.45, 7) is 20.8. The van der Waals surface area contributed by atoms with Gasteiger partial charge in [-0.1, -0.05) is 212 Å². The molecular weight excluding hydrogens is 893 g/mol. The van der Waals surface area contributed by atoms with Gasteiger partial charge >= 0.3 is 0 Å². The molecule has 0 bridgehead atoms. The maximum Gasteiger partial charge on any atom is 0.0540 e. The summed E-state index contributed by atoms with van der Waals surface area (Å²) in [6, 6.07) is 77.2. The summed E-state index contributed by atoms with van der Waals surface area (Å²) in [7, 11) is 0. The average Bonchev–Trinajstić information content (AvgIpc) is 3.81. The molecule has 2 nitrogen and oxygen atoms in total. The Balaban J connectivity index is 1.01. The Morgan fingerprint density at radius 3 is 1.73 bits per heavy atom. The van der Waals surface area contributed by atoms with E-state index in [1.165, 1.54) is 111 Å². The van der Waals surface area contributed by atoms with Crippen LogP contribution in [0.3, 0.4) is 0 Å². The smallest absolute Gasteiger partial charge is 0.0540 e. The number of nitrogens with zero attached hydrogens (tertiary/aromatic N) is 2. The lowest BCUT2D eigenvalue weighted by Gasteiger charge is -2.38. The summed E-state index contributed by atoms with van der Waals surface area (Å²) in [4.78, 5) is 5.03. The molecule has 358 valence electrons. The van der Waals surface area contributed by atoms with Crippen LogP contribution in [0.25, 0.3) is 60.5 Å². The first kappa shape index (κ1) is 45.4. The highest BCUT2D eigenvalue weighted by atomic mass is 15.2. The fourth-order valence-corrected chi connectivity index (χ4v) is 13.5. The monoisotopic (exact) mass is 952 g/mol. The van der Waals surface area contributed by atoms with E-state index in [4.69, 9.17) is 0 Å². The maximum atomic E-state index is 4.36. The van der Waals surface area contributed by atoms with Crippen LogP contribution >= 0.6 is 0 Å². The highest BCUT2D eigenvalue weighted by Gasteiger charge is 2.41. The van der Waals surface area contributed by atoms with Gasteiger partial charge in [0.2, 0.25) is 0 Å². The van der Waals surface area contributed by atoms with E-state index in [1.54, 1.807) is 0 Å². The molecule has 0 heterocycles. The summed E-state index contributed by atoms with van der Waals surface area (Å²) < 4.78 is 0. The standard InChI is InChI=1S/C72H60N2/c1-9-24-52-56-32-23-38-66(69(56)71(5,6)60(52)10-2)74(64-36-20-18-29-51(64)46-25-13-11-14-26-46)49-40-39-47-43-59-54-42-41-50(45-63(54)70(3,4)62-35-21-31-55(67(59)62)58(47)44-49)73(48-27-15-12-16-28-48)65-37-22-33-57-53-30-17-19-34-61(53)72(7,8)68(57)65/h9-45H,2H2,1,3-8H3/b24-9-. The molecule has 0 amide bonds. The van der Waals surface area contributed by atoms with Crippen LogP contribution < -0.4 is 9.80 Å². The Morgan fingerprint density at radius 2 is 0.973 bits per heavy atom. The zero-order valence-corrected chi connectivity index (χ0v) is 43.5. The molecule has 0 saturated heterocycles. The Labute approximate surface area is 436 Å². The lowest BCUT2D eigenvalue weighted by molar-refractivity contribution is 0.645. The minimum absolute atomic E-state index is 0.180. The van der Waals surface area contributed by atoms with Gasteiger partial charge in [0, 0.05) is 38.9 Å². The summed E-state index contributed by atoms with van der Waals surface area (Å²) in [5.41, 5.74) is 24.2. The van der Waals surface area contributed by atoms with Gasteiger partial charge in [0.1, 0.15) is 0 Å². The summed E-state index contributed by atoms with van der Waals surface area (Å²) >= 11 is 0. The largest absolute Gasteiger partial charge is 0.310 e. The van der Waals surface area contributed by atoms with Crippen molar-refractivity contribution in [3.8, 4) is 33.4 Å². The predicted molar refractivity (Wildman–Crippen MR) is 316 cm³/mol. The fraction of sp³-hybridized carbons (Fsp3) is 0.139. The number of hydrogen-bond donors (Lipinski definition) is 0. The van der Waals surface area contributed by atoms with E-state index in [-0.39, 0.29) is 16.2 Å². The molecule has 0 aliphatic heterocycles. The third kappa shape index (κ3) is 6.57. The topological polar surface area (TPSA) is 6.48 Å². The molecule has 0 fully saturated rings. The van der Waals surface area contributed by atoms with Crippen molar-refractivity contribution in [2.45, 2.75) is 64.7 Å². The number of allylic oxidation sites excluding steroid dienone is 5. The van der Waals surface area contributed by atoms with Gasteiger partial charge in [0.05, 0.1) is 17.1 Å². The highest BCUT2D eigenvalue weighted by Crippen LogP contribution is 2.58. The van der Waals surface area contributed by atoms with Crippen LogP contribution in [0.1, 0.15) is 81.8 Å². The van der Waals surface area contributed by atoms with Gasteiger partial charge in [-0.2, -0.15) is 0 Å². The molecule has 0 unspecified atom stereocenters. The normalized spacial score (nSPS) is 15.2. The zero-order chi connectivity index (χ0) is 50.7. The molecule has 0 radical (unpaired) electrons. The number of para-hydroxylation sites is 2. The van der Waals surface area contributed by atoms with Gasteiger partial charge in [0.15, 0.2) is 0 Å². The lowest BCUT2D eigenvalue weighted by atomic mass is 9.68. The summed E-state index contributed by atoms with van der Waals surface area (Å²) in [5, 5.41) is 5.06. The second-order valence-electron chi connectivity index (χ2n) is 22.0. The van der Waals surface area contributed by atoms with Crippen molar-refractivity contribution < 1.29 is 0 Å². The molecule has 13 rings (SSSR count). The first-order valence-corrected chi connectivity index (χ1v) is 26.2. The molecular formula is C72H60N2. The third-order valence-electron chi connectivity index (χ3n) is 16.9. The van der Waals surface area contributed by atoms with Gasteiger partial charge in [-0.25, -0.2) is 0 Å². The molecule has 10 aromatic rings. The molecule has 74 heavy (non-hydrogen) atoms. The molecule has 0 aromatic heterocycles. The van der Waals surface area contributed by atoms with Crippen molar-refractivity contribution in [1.82, 2.24) is 0 Å². The molecule has 0 atom stereocenters. The summed E-state index contributed by atoms with van der Waals surface area (Å²) in [5.74, 6) is 0. The molecule has 10 aromatic carbocycles. The van der Waals surface area contributed by atoms with E-state index >= 15 is 0 Å². The molecule has 2 heteroatoms. The third-order valence-corrected chi connectivity index (χ3v) is 16.9. The van der Waals surface area contributed by atoms with Gasteiger partial charge < -0.3 is 9.80 Å². The lowest BCUT2D eigenvalue weighted by Crippen LogP contribution is -2.25. The Hall–Kier alpha value is -8.46. The second kappa shape index (κ2) is 16.8. The first-order valence-electron chi connectivity index (χ1n) is 26.2. The number of anilines is 6. The van der Waals surface area contributed by atoms with Crippen molar-refractivity contribution in [2.75, 3.05) is 9.80 Å². The number of benzene rings is 10. The molecule has 3 aliphatic rings. The minimum atomic E-state index is -0.309. The molecule has 0 N–H and O–H groups in total. The van der Waals surface area contributed by atoms with Crippen LogP contribution in [0.2, 0.25) is 0 Å². The molecule has 3 aliphatic carbocycles. The molecule has 0 spiro atoms. The van der Waals surface area contributed by atoms with Crippen molar-refractivity contribution in [1.29, 1.82) is 0 Å². The van der Waals surface area contributed by atoms with Crippen molar-refractivity contribution in [2.24, 2.45) is 0 Å². The predicted octanol–water partition coefficient (Wildman–Crippen LogP) is 20.0. The highest BCUT2D eigenvalue weighted by molar-refractivity contribution is 6.18. The van der Waals surface area contributed by atoms with E-state index < -0.39 is 0 Å². The Bertz CT molecular complexity index is 4010. The number of hydrogen-bond acceptors (Lipinski definition) is 2. The fourth-order valence-electron chi connectivity index (χ4n) is 13.5. The van der Waals surface area contributed by atoms with E-state index in [0.717, 1.165) is 22.7 Å². The van der Waals surface area contributed by atoms with E-state index in [2.05, 4.69) is 289 Å². The van der Waals surface area contributed by atoms with Crippen LogP contribution in [0.5, 0.6) is 0 Å². The van der Waals surface area contributed by atoms with Crippen molar-refractivity contribution in [3.63, 3.8) is 0 Å². The maximum absolute atomic E-state index is 4.36. The Morgan fingerprint density at radius 1 is 0.392 bits per heavy atom. The van der Waals surface area contributed by atoms with E-state index in [1.807, 2.05) is 0 Å². The van der Waals surface area contributed by atoms with Crippen LogP contribution in [0.15, 0.2) is 237 Å². The van der Waals surface area contributed by atoms with Crippen LogP contribution in [0, 0.1) is 0 Å². The average molecular weight is 953 g/mol. The van der Waals surface area contributed by atoms with E-state index in [9.17, 15) is 0 Å². The van der Waals surface area contributed by atoms with Crippen molar-refractivity contribution >= 4 is 61.2 Å². The second-order valence-corrected chi connectivity index (χ2v) is 22.0.